The predicted octanol–water partition coefficient (Wildman–Crippen LogP) is 1.45. The molecule has 0 atom stereocenters. The first kappa shape index (κ1) is 12.9. The van der Waals surface area contributed by atoms with Crippen molar-refractivity contribution in [2.24, 2.45) is 5.92 Å². The van der Waals surface area contributed by atoms with Crippen molar-refractivity contribution in [1.29, 1.82) is 5.26 Å². The average molecular weight is 270 g/mol. The highest BCUT2D eigenvalue weighted by Gasteiger charge is 2.30. The van der Waals surface area contributed by atoms with Crippen LogP contribution in [0.3, 0.4) is 0 Å². The van der Waals surface area contributed by atoms with Crippen LogP contribution in [0.4, 0.5) is 5.69 Å². The van der Waals surface area contributed by atoms with Gasteiger partial charge < -0.3 is 10.2 Å². The highest BCUT2D eigenvalue weighted by atomic mass is 16.2. The fraction of sp³-hybridized carbons (Fsp3) is 0.533. The molecule has 1 aromatic rings. The molecule has 1 N–H and O–H groups in total. The number of carbonyl (C=O) groups excluding carboxylic acids is 1. The van der Waals surface area contributed by atoms with Crippen molar-refractivity contribution in [2.45, 2.75) is 31.7 Å². The first-order chi connectivity index (χ1) is 9.78. The molecule has 0 unspecified atom stereocenters. The van der Waals surface area contributed by atoms with Gasteiger partial charge >= 0.3 is 0 Å². The minimum Gasteiger partial charge on any atom is -0.369 e. The molecular weight excluding hydrogens is 252 g/mol. The Morgan fingerprint density at radius 1 is 1.35 bits per heavy atom. The number of amides is 1. The van der Waals surface area contributed by atoms with Crippen molar-refractivity contribution < 1.29 is 4.79 Å². The lowest BCUT2D eigenvalue weighted by molar-refractivity contribution is -0.125. The van der Waals surface area contributed by atoms with Crippen molar-refractivity contribution in [2.75, 3.05) is 18.0 Å². The Balaban J connectivity index is 1.60. The topological polar surface area (TPSA) is 69.0 Å². The third kappa shape index (κ3) is 2.74. The van der Waals surface area contributed by atoms with Crippen LogP contribution in [0.1, 0.15) is 31.2 Å². The van der Waals surface area contributed by atoms with Gasteiger partial charge in [0.1, 0.15) is 6.07 Å². The van der Waals surface area contributed by atoms with Crippen LogP contribution in [0.25, 0.3) is 0 Å². The number of carbonyl (C=O) groups is 1. The number of pyridine rings is 1. The molecule has 0 aromatic carbocycles. The molecule has 0 radical (unpaired) electrons. The second-order valence-electron chi connectivity index (χ2n) is 5.55. The summed E-state index contributed by atoms with van der Waals surface area (Å²) in [6, 6.07) is 4.37. The molecule has 0 spiro atoms. The van der Waals surface area contributed by atoms with Gasteiger partial charge in [0, 0.05) is 31.2 Å². The van der Waals surface area contributed by atoms with Crippen LogP contribution in [-0.2, 0) is 4.79 Å². The van der Waals surface area contributed by atoms with E-state index in [1.54, 1.807) is 18.5 Å². The molecule has 2 aliphatic rings. The summed E-state index contributed by atoms with van der Waals surface area (Å²) in [7, 11) is 0. The Kier molecular flexibility index (Phi) is 3.55. The molecule has 5 heteroatoms. The van der Waals surface area contributed by atoms with Gasteiger partial charge in [-0.25, -0.2) is 0 Å². The normalized spacial score (nSPS) is 19.4. The molecular formula is C15H18N4O. The number of rotatable bonds is 3. The summed E-state index contributed by atoms with van der Waals surface area (Å²) in [6.07, 6.45) is 7.33. The van der Waals surface area contributed by atoms with Crippen LogP contribution in [0.2, 0.25) is 0 Å². The zero-order valence-corrected chi connectivity index (χ0v) is 11.4. The number of nitrogens with one attached hydrogen (secondary N) is 1. The zero-order chi connectivity index (χ0) is 13.9. The van der Waals surface area contributed by atoms with E-state index in [4.69, 9.17) is 5.26 Å². The van der Waals surface area contributed by atoms with Crippen LogP contribution in [0.15, 0.2) is 18.5 Å². The summed E-state index contributed by atoms with van der Waals surface area (Å²) < 4.78 is 0. The second-order valence-corrected chi connectivity index (χ2v) is 5.55. The molecule has 20 heavy (non-hydrogen) atoms. The molecule has 2 heterocycles. The number of piperidine rings is 1. The summed E-state index contributed by atoms with van der Waals surface area (Å²) in [6.45, 7) is 1.62. The highest BCUT2D eigenvalue weighted by Crippen LogP contribution is 2.26. The summed E-state index contributed by atoms with van der Waals surface area (Å²) in [5.74, 6) is 0.327. The van der Waals surface area contributed by atoms with Crippen LogP contribution in [0, 0.1) is 17.2 Å². The van der Waals surface area contributed by atoms with Crippen LogP contribution >= 0.6 is 0 Å². The van der Waals surface area contributed by atoms with Gasteiger partial charge in [0.05, 0.1) is 17.4 Å². The van der Waals surface area contributed by atoms with Gasteiger partial charge in [0.15, 0.2) is 0 Å². The third-order valence-electron chi connectivity index (χ3n) is 4.05. The largest absolute Gasteiger partial charge is 0.369 e. The quantitative estimate of drug-likeness (QED) is 0.902. The molecule has 1 aliphatic carbocycles. The Hall–Kier alpha value is -2.09. The van der Waals surface area contributed by atoms with Crippen LogP contribution in [0.5, 0.6) is 0 Å². The van der Waals surface area contributed by atoms with E-state index in [9.17, 15) is 4.79 Å². The van der Waals surface area contributed by atoms with Gasteiger partial charge in [-0.3, -0.25) is 9.78 Å². The smallest absolute Gasteiger partial charge is 0.223 e. The lowest BCUT2D eigenvalue weighted by atomic mass is 9.95. The van der Waals surface area contributed by atoms with Gasteiger partial charge in [0.25, 0.3) is 0 Å². The SMILES string of the molecule is N#Cc1ccncc1N1CCC(C(=O)NC2CC2)CC1. The lowest BCUT2D eigenvalue weighted by Gasteiger charge is -2.33. The van der Waals surface area contributed by atoms with Gasteiger partial charge in [-0.15, -0.1) is 0 Å². The number of nitrogens with zero attached hydrogens (tertiary/aromatic N) is 3. The van der Waals surface area contributed by atoms with E-state index in [1.165, 1.54) is 0 Å². The average Bonchev–Trinajstić information content (AvgIpc) is 3.31. The minimum atomic E-state index is 0.119. The summed E-state index contributed by atoms with van der Waals surface area (Å²) in [5, 5.41) is 12.2. The number of anilines is 1. The summed E-state index contributed by atoms with van der Waals surface area (Å²) >= 11 is 0. The second kappa shape index (κ2) is 5.49. The maximum Gasteiger partial charge on any atom is 0.223 e. The summed E-state index contributed by atoms with van der Waals surface area (Å²) in [4.78, 5) is 18.3. The van der Waals surface area contributed by atoms with E-state index in [2.05, 4.69) is 21.3 Å². The van der Waals surface area contributed by atoms with E-state index >= 15 is 0 Å². The van der Waals surface area contributed by atoms with Crippen molar-refractivity contribution >= 4 is 11.6 Å². The van der Waals surface area contributed by atoms with Crippen molar-refractivity contribution in [1.82, 2.24) is 10.3 Å². The molecule has 1 aromatic heterocycles. The first-order valence-electron chi connectivity index (χ1n) is 7.17. The predicted molar refractivity (Wildman–Crippen MR) is 75.1 cm³/mol. The van der Waals surface area contributed by atoms with Crippen molar-refractivity contribution in [3.05, 3.63) is 24.0 Å². The molecule has 1 amide bonds. The fourth-order valence-corrected chi connectivity index (χ4v) is 2.66. The molecule has 1 saturated heterocycles. The van der Waals surface area contributed by atoms with Crippen LogP contribution in [-0.4, -0.2) is 30.0 Å². The van der Waals surface area contributed by atoms with E-state index < -0.39 is 0 Å². The number of aromatic nitrogens is 1. The fourth-order valence-electron chi connectivity index (χ4n) is 2.66. The Morgan fingerprint density at radius 3 is 2.75 bits per heavy atom. The molecule has 2 fully saturated rings. The number of hydrogen-bond acceptors (Lipinski definition) is 4. The Bertz CT molecular complexity index is 539. The number of hydrogen-bond donors (Lipinski definition) is 1. The lowest BCUT2D eigenvalue weighted by Crippen LogP contribution is -2.41. The Morgan fingerprint density at radius 2 is 2.10 bits per heavy atom. The van der Waals surface area contributed by atoms with Gasteiger partial charge in [-0.2, -0.15) is 5.26 Å². The van der Waals surface area contributed by atoms with Gasteiger partial charge in [-0.05, 0) is 31.7 Å². The van der Waals surface area contributed by atoms with Gasteiger partial charge in [-0.1, -0.05) is 0 Å². The standard InChI is InChI=1S/C15H18N4O/c16-9-12-3-6-17-10-14(12)19-7-4-11(5-8-19)15(20)18-13-1-2-13/h3,6,10-11,13H,1-2,4-5,7-8H2,(H,18,20). The molecule has 5 nitrogen and oxygen atoms in total. The molecule has 104 valence electrons. The van der Waals surface area contributed by atoms with E-state index in [0.29, 0.717) is 11.6 Å². The monoisotopic (exact) mass is 270 g/mol. The van der Waals surface area contributed by atoms with Crippen molar-refractivity contribution in [3.8, 4) is 6.07 Å². The molecule has 3 rings (SSSR count). The maximum atomic E-state index is 12.0. The molecule has 0 bridgehead atoms. The van der Waals surface area contributed by atoms with Crippen LogP contribution < -0.4 is 10.2 Å². The van der Waals surface area contributed by atoms with E-state index in [0.717, 1.165) is 44.5 Å². The van der Waals surface area contributed by atoms with E-state index in [1.807, 2.05) is 0 Å². The third-order valence-corrected chi connectivity index (χ3v) is 4.05. The summed E-state index contributed by atoms with van der Waals surface area (Å²) in [5.41, 5.74) is 1.54. The maximum absolute atomic E-state index is 12.0. The number of nitriles is 1. The molecule has 1 aliphatic heterocycles. The Labute approximate surface area is 118 Å². The van der Waals surface area contributed by atoms with E-state index in [-0.39, 0.29) is 11.8 Å². The molecule has 1 saturated carbocycles. The van der Waals surface area contributed by atoms with Gasteiger partial charge in [0.2, 0.25) is 5.91 Å². The first-order valence-corrected chi connectivity index (χ1v) is 7.17. The van der Waals surface area contributed by atoms with Crippen molar-refractivity contribution in [3.63, 3.8) is 0 Å². The highest BCUT2D eigenvalue weighted by molar-refractivity contribution is 5.79. The zero-order valence-electron chi connectivity index (χ0n) is 11.4. The minimum absolute atomic E-state index is 0.119.